The Morgan fingerprint density at radius 2 is 2.00 bits per heavy atom. The first-order chi connectivity index (χ1) is 7.28. The van der Waals surface area contributed by atoms with E-state index in [4.69, 9.17) is 10.7 Å². The van der Waals surface area contributed by atoms with Crippen molar-refractivity contribution in [1.82, 2.24) is 4.98 Å². The van der Waals surface area contributed by atoms with Crippen molar-refractivity contribution in [2.75, 3.05) is 0 Å². The standard InChI is InChI=1S/C12H18N2S/c13-12(6-1-2-7-12)11-14-10(8-15-11)9-4-3-5-9/h8-9H,1-7,13H2. The van der Waals surface area contributed by atoms with Crippen molar-refractivity contribution in [3.63, 3.8) is 0 Å². The molecule has 0 radical (unpaired) electrons. The number of nitrogens with zero attached hydrogens (tertiary/aromatic N) is 1. The van der Waals surface area contributed by atoms with Gasteiger partial charge in [-0.05, 0) is 25.7 Å². The molecule has 2 fully saturated rings. The van der Waals surface area contributed by atoms with Gasteiger partial charge in [-0.15, -0.1) is 11.3 Å². The highest BCUT2D eigenvalue weighted by molar-refractivity contribution is 7.09. The lowest BCUT2D eigenvalue weighted by Crippen LogP contribution is -2.33. The summed E-state index contributed by atoms with van der Waals surface area (Å²) in [5.74, 6) is 0.750. The third-order valence-corrected chi connectivity index (χ3v) is 5.05. The van der Waals surface area contributed by atoms with Crippen molar-refractivity contribution in [3.8, 4) is 0 Å². The molecule has 2 aliphatic carbocycles. The zero-order valence-corrected chi connectivity index (χ0v) is 9.85. The van der Waals surface area contributed by atoms with Crippen molar-refractivity contribution >= 4 is 11.3 Å². The van der Waals surface area contributed by atoms with Gasteiger partial charge in [0.15, 0.2) is 0 Å². The minimum absolute atomic E-state index is 0.0767. The Labute approximate surface area is 94.9 Å². The minimum Gasteiger partial charge on any atom is -0.319 e. The van der Waals surface area contributed by atoms with Crippen molar-refractivity contribution in [2.45, 2.75) is 56.4 Å². The molecule has 0 aromatic carbocycles. The summed E-state index contributed by atoms with van der Waals surface area (Å²) < 4.78 is 0. The van der Waals surface area contributed by atoms with Gasteiger partial charge < -0.3 is 5.73 Å². The highest BCUT2D eigenvalue weighted by Gasteiger charge is 2.35. The normalized spacial score (nSPS) is 25.4. The van der Waals surface area contributed by atoms with E-state index in [2.05, 4.69) is 5.38 Å². The highest BCUT2D eigenvalue weighted by atomic mass is 32.1. The number of rotatable bonds is 2. The Balaban J connectivity index is 1.82. The molecule has 82 valence electrons. The molecule has 3 rings (SSSR count). The fourth-order valence-electron chi connectivity index (χ4n) is 2.63. The maximum atomic E-state index is 6.40. The van der Waals surface area contributed by atoms with Crippen LogP contribution < -0.4 is 5.73 Å². The third kappa shape index (κ3) is 1.62. The average Bonchev–Trinajstić information content (AvgIpc) is 2.71. The van der Waals surface area contributed by atoms with E-state index in [1.165, 1.54) is 42.8 Å². The van der Waals surface area contributed by atoms with Crippen LogP contribution >= 0.6 is 11.3 Å². The van der Waals surface area contributed by atoms with Crippen LogP contribution in [0.15, 0.2) is 5.38 Å². The van der Waals surface area contributed by atoms with E-state index in [9.17, 15) is 0 Å². The summed E-state index contributed by atoms with van der Waals surface area (Å²) in [6, 6.07) is 0. The predicted molar refractivity (Wildman–Crippen MR) is 63.0 cm³/mol. The second-order valence-corrected chi connectivity index (χ2v) is 5.93. The molecule has 2 aliphatic rings. The summed E-state index contributed by atoms with van der Waals surface area (Å²) in [7, 11) is 0. The van der Waals surface area contributed by atoms with Crippen LogP contribution in [0.5, 0.6) is 0 Å². The van der Waals surface area contributed by atoms with Crippen LogP contribution in [-0.2, 0) is 5.54 Å². The molecule has 15 heavy (non-hydrogen) atoms. The van der Waals surface area contributed by atoms with Crippen LogP contribution in [0.2, 0.25) is 0 Å². The first kappa shape index (κ1) is 9.79. The largest absolute Gasteiger partial charge is 0.319 e. The summed E-state index contributed by atoms with van der Waals surface area (Å²) in [4.78, 5) is 4.78. The third-order valence-electron chi connectivity index (χ3n) is 3.97. The van der Waals surface area contributed by atoms with Crippen molar-refractivity contribution in [1.29, 1.82) is 0 Å². The topological polar surface area (TPSA) is 38.9 Å². The van der Waals surface area contributed by atoms with Gasteiger partial charge in [-0.2, -0.15) is 0 Å². The Bertz CT molecular complexity index is 348. The number of aromatic nitrogens is 1. The summed E-state index contributed by atoms with van der Waals surface area (Å²) in [5.41, 5.74) is 7.64. The van der Waals surface area contributed by atoms with Crippen LogP contribution in [0.4, 0.5) is 0 Å². The minimum atomic E-state index is -0.0767. The molecule has 0 aliphatic heterocycles. The second kappa shape index (κ2) is 3.56. The van der Waals surface area contributed by atoms with E-state index < -0.39 is 0 Å². The molecule has 1 aromatic heterocycles. The van der Waals surface area contributed by atoms with Gasteiger partial charge in [0.25, 0.3) is 0 Å². The molecule has 0 atom stereocenters. The predicted octanol–water partition coefficient (Wildman–Crippen LogP) is 3.14. The van der Waals surface area contributed by atoms with E-state index >= 15 is 0 Å². The number of thiazole rings is 1. The van der Waals surface area contributed by atoms with Crippen LogP contribution in [0, 0.1) is 0 Å². The molecule has 0 bridgehead atoms. The average molecular weight is 222 g/mol. The van der Waals surface area contributed by atoms with Gasteiger partial charge in [-0.1, -0.05) is 19.3 Å². The van der Waals surface area contributed by atoms with Gasteiger partial charge in [0, 0.05) is 11.3 Å². The SMILES string of the molecule is NC1(c2nc(C3CCC3)cs2)CCCC1. The molecule has 0 unspecified atom stereocenters. The van der Waals surface area contributed by atoms with Crippen molar-refractivity contribution < 1.29 is 0 Å². The van der Waals surface area contributed by atoms with Gasteiger partial charge in [0.05, 0.1) is 11.2 Å². The Morgan fingerprint density at radius 3 is 2.60 bits per heavy atom. The summed E-state index contributed by atoms with van der Waals surface area (Å²) in [6.45, 7) is 0. The molecule has 2 nitrogen and oxygen atoms in total. The number of hydrogen-bond donors (Lipinski definition) is 1. The summed E-state index contributed by atoms with van der Waals surface area (Å²) in [5, 5.41) is 3.44. The highest BCUT2D eigenvalue weighted by Crippen LogP contribution is 2.41. The maximum Gasteiger partial charge on any atom is 0.113 e. The lowest BCUT2D eigenvalue weighted by atomic mass is 9.83. The fraction of sp³-hybridized carbons (Fsp3) is 0.750. The van der Waals surface area contributed by atoms with Gasteiger partial charge in [-0.25, -0.2) is 4.98 Å². The molecule has 1 heterocycles. The van der Waals surface area contributed by atoms with Crippen LogP contribution in [0.25, 0.3) is 0 Å². The maximum absolute atomic E-state index is 6.40. The lowest BCUT2D eigenvalue weighted by Gasteiger charge is -2.24. The number of hydrogen-bond acceptors (Lipinski definition) is 3. The molecule has 3 heteroatoms. The molecule has 0 amide bonds. The first-order valence-corrected chi connectivity index (χ1v) is 6.91. The Kier molecular flexibility index (Phi) is 2.33. The Hall–Kier alpha value is -0.410. The van der Waals surface area contributed by atoms with Gasteiger partial charge >= 0.3 is 0 Å². The van der Waals surface area contributed by atoms with Crippen LogP contribution in [0.1, 0.15) is 61.6 Å². The molecular formula is C12H18N2S. The van der Waals surface area contributed by atoms with E-state index in [1.54, 1.807) is 11.3 Å². The van der Waals surface area contributed by atoms with Crippen LogP contribution in [0.3, 0.4) is 0 Å². The molecule has 0 saturated heterocycles. The van der Waals surface area contributed by atoms with E-state index in [1.807, 2.05) is 0 Å². The van der Waals surface area contributed by atoms with Gasteiger partial charge in [0.1, 0.15) is 5.01 Å². The van der Waals surface area contributed by atoms with E-state index in [0.717, 1.165) is 18.8 Å². The van der Waals surface area contributed by atoms with Crippen LogP contribution in [-0.4, -0.2) is 4.98 Å². The summed E-state index contributed by atoms with van der Waals surface area (Å²) >= 11 is 1.79. The zero-order valence-electron chi connectivity index (χ0n) is 9.04. The second-order valence-electron chi connectivity index (χ2n) is 5.07. The molecule has 2 N–H and O–H groups in total. The smallest absolute Gasteiger partial charge is 0.113 e. The summed E-state index contributed by atoms with van der Waals surface area (Å²) in [6.07, 6.45) is 8.85. The fourth-order valence-corrected chi connectivity index (χ4v) is 3.70. The monoisotopic (exact) mass is 222 g/mol. The molecule has 0 spiro atoms. The van der Waals surface area contributed by atoms with E-state index in [-0.39, 0.29) is 5.54 Å². The molecule has 2 saturated carbocycles. The van der Waals surface area contributed by atoms with Gasteiger partial charge in [-0.3, -0.25) is 0 Å². The zero-order chi connectivity index (χ0) is 10.3. The van der Waals surface area contributed by atoms with Crippen molar-refractivity contribution in [2.24, 2.45) is 5.73 Å². The Morgan fingerprint density at radius 1 is 1.27 bits per heavy atom. The lowest BCUT2D eigenvalue weighted by molar-refractivity contribution is 0.406. The quantitative estimate of drug-likeness (QED) is 0.835. The molecule has 1 aromatic rings. The molecular weight excluding hydrogens is 204 g/mol. The van der Waals surface area contributed by atoms with E-state index in [0.29, 0.717) is 0 Å². The van der Waals surface area contributed by atoms with Gasteiger partial charge in [0.2, 0.25) is 0 Å². The number of nitrogens with two attached hydrogens (primary N) is 1. The first-order valence-electron chi connectivity index (χ1n) is 6.03. The van der Waals surface area contributed by atoms with Crippen molar-refractivity contribution in [3.05, 3.63) is 16.1 Å².